The molecular formula is C14H14BrN3O. The Bertz CT molecular complexity index is 542. The van der Waals surface area contributed by atoms with Crippen LogP contribution in [0, 0.1) is 0 Å². The van der Waals surface area contributed by atoms with Gasteiger partial charge in [-0.2, -0.15) is 0 Å². The van der Waals surface area contributed by atoms with Crippen molar-refractivity contribution in [1.82, 2.24) is 9.88 Å². The highest BCUT2D eigenvalue weighted by Crippen LogP contribution is 2.14. The summed E-state index contributed by atoms with van der Waals surface area (Å²) in [7, 11) is 1.76. The lowest BCUT2D eigenvalue weighted by molar-refractivity contribution is 0.220. The lowest BCUT2D eigenvalue weighted by Gasteiger charge is -2.18. The third-order valence-corrected chi connectivity index (χ3v) is 3.14. The van der Waals surface area contributed by atoms with E-state index >= 15 is 0 Å². The van der Waals surface area contributed by atoms with Crippen LogP contribution in [-0.4, -0.2) is 23.0 Å². The number of carbonyl (C=O) groups excluding carboxylic acids is 1. The van der Waals surface area contributed by atoms with Crippen molar-refractivity contribution in [3.63, 3.8) is 0 Å². The van der Waals surface area contributed by atoms with E-state index in [-0.39, 0.29) is 6.03 Å². The second kappa shape index (κ2) is 6.33. The number of hydrogen-bond donors (Lipinski definition) is 1. The van der Waals surface area contributed by atoms with Crippen LogP contribution in [0.3, 0.4) is 0 Å². The minimum Gasteiger partial charge on any atom is -0.323 e. The molecule has 0 saturated heterocycles. The molecule has 0 atom stereocenters. The highest BCUT2D eigenvalue weighted by atomic mass is 79.9. The van der Waals surface area contributed by atoms with E-state index in [1.165, 1.54) is 0 Å². The monoisotopic (exact) mass is 319 g/mol. The molecule has 1 aromatic carbocycles. The lowest BCUT2D eigenvalue weighted by Crippen LogP contribution is -2.30. The second-order valence-corrected chi connectivity index (χ2v) is 5.06. The number of nitrogens with zero attached hydrogens (tertiary/aromatic N) is 2. The van der Waals surface area contributed by atoms with Gasteiger partial charge in [0.15, 0.2) is 0 Å². The van der Waals surface area contributed by atoms with Gasteiger partial charge >= 0.3 is 6.03 Å². The van der Waals surface area contributed by atoms with Crippen LogP contribution in [-0.2, 0) is 6.54 Å². The number of benzene rings is 1. The zero-order valence-corrected chi connectivity index (χ0v) is 12.1. The summed E-state index contributed by atoms with van der Waals surface area (Å²) in [5, 5.41) is 2.84. The first-order valence-corrected chi connectivity index (χ1v) is 6.61. The quantitative estimate of drug-likeness (QED) is 0.941. The predicted molar refractivity (Wildman–Crippen MR) is 78.9 cm³/mol. The highest BCUT2D eigenvalue weighted by molar-refractivity contribution is 9.10. The summed E-state index contributed by atoms with van der Waals surface area (Å²) in [6.45, 7) is 0.547. The molecule has 98 valence electrons. The summed E-state index contributed by atoms with van der Waals surface area (Å²) in [6, 6.07) is 11.1. The number of nitrogens with one attached hydrogen (secondary N) is 1. The van der Waals surface area contributed by atoms with Crippen LogP contribution < -0.4 is 5.32 Å². The van der Waals surface area contributed by atoms with E-state index in [1.807, 2.05) is 36.4 Å². The van der Waals surface area contributed by atoms with Crippen LogP contribution in [0.25, 0.3) is 0 Å². The number of carbonyl (C=O) groups is 1. The number of rotatable bonds is 3. The molecule has 0 aliphatic carbocycles. The molecule has 19 heavy (non-hydrogen) atoms. The third-order valence-electron chi connectivity index (χ3n) is 2.61. The molecule has 2 aromatic rings. The van der Waals surface area contributed by atoms with Crippen molar-refractivity contribution in [2.75, 3.05) is 12.4 Å². The standard InChI is InChI=1S/C14H14BrN3O/c1-18(10-11-6-8-16-9-7-11)14(19)17-13-4-2-12(15)3-5-13/h2-9H,10H2,1H3,(H,17,19). The molecule has 4 nitrogen and oxygen atoms in total. The topological polar surface area (TPSA) is 45.2 Å². The molecule has 0 saturated carbocycles. The molecule has 0 aliphatic heterocycles. The van der Waals surface area contributed by atoms with E-state index in [0.29, 0.717) is 6.54 Å². The highest BCUT2D eigenvalue weighted by Gasteiger charge is 2.09. The number of halogens is 1. The van der Waals surface area contributed by atoms with Crippen molar-refractivity contribution in [3.8, 4) is 0 Å². The number of pyridine rings is 1. The molecular weight excluding hydrogens is 306 g/mol. The first-order valence-electron chi connectivity index (χ1n) is 5.82. The molecule has 0 radical (unpaired) electrons. The van der Waals surface area contributed by atoms with Gasteiger partial charge in [-0.3, -0.25) is 4.98 Å². The fraction of sp³-hybridized carbons (Fsp3) is 0.143. The summed E-state index contributed by atoms with van der Waals surface area (Å²) in [5.41, 5.74) is 1.82. The van der Waals surface area contributed by atoms with Crippen LogP contribution in [0.15, 0.2) is 53.3 Å². The van der Waals surface area contributed by atoms with E-state index in [2.05, 4.69) is 26.2 Å². The molecule has 5 heteroatoms. The van der Waals surface area contributed by atoms with Crippen molar-refractivity contribution in [2.45, 2.75) is 6.54 Å². The zero-order chi connectivity index (χ0) is 13.7. The van der Waals surface area contributed by atoms with E-state index < -0.39 is 0 Å². The number of aromatic nitrogens is 1. The Balaban J connectivity index is 1.94. The van der Waals surface area contributed by atoms with Crippen LogP contribution in [0.2, 0.25) is 0 Å². The average molecular weight is 320 g/mol. The molecule has 1 N–H and O–H groups in total. The normalized spacial score (nSPS) is 10.0. The van der Waals surface area contributed by atoms with E-state index in [9.17, 15) is 4.79 Å². The maximum atomic E-state index is 12.0. The van der Waals surface area contributed by atoms with E-state index in [1.54, 1.807) is 24.3 Å². The Labute approximate surface area is 120 Å². The predicted octanol–water partition coefficient (Wildman–Crippen LogP) is 3.51. The van der Waals surface area contributed by atoms with Crippen LogP contribution in [0.5, 0.6) is 0 Å². The maximum absolute atomic E-state index is 12.0. The summed E-state index contributed by atoms with van der Waals surface area (Å²) < 4.78 is 0.982. The molecule has 2 rings (SSSR count). The molecule has 2 amide bonds. The van der Waals surface area contributed by atoms with Gasteiger partial charge in [0, 0.05) is 36.1 Å². The Morgan fingerprint density at radius 3 is 2.47 bits per heavy atom. The molecule has 1 heterocycles. The number of anilines is 1. The zero-order valence-electron chi connectivity index (χ0n) is 10.5. The number of hydrogen-bond acceptors (Lipinski definition) is 2. The second-order valence-electron chi connectivity index (χ2n) is 4.15. The molecule has 0 bridgehead atoms. The van der Waals surface area contributed by atoms with Gasteiger partial charge in [-0.15, -0.1) is 0 Å². The van der Waals surface area contributed by atoms with Gasteiger partial charge in [0.25, 0.3) is 0 Å². The summed E-state index contributed by atoms with van der Waals surface area (Å²) in [6.07, 6.45) is 3.44. The van der Waals surface area contributed by atoms with Gasteiger partial charge in [-0.05, 0) is 42.0 Å². The third kappa shape index (κ3) is 4.06. The van der Waals surface area contributed by atoms with Gasteiger partial charge in [0.05, 0.1) is 0 Å². The number of amides is 2. The van der Waals surface area contributed by atoms with E-state index in [4.69, 9.17) is 0 Å². The van der Waals surface area contributed by atoms with Gasteiger partial charge in [0.1, 0.15) is 0 Å². The molecule has 0 unspecified atom stereocenters. The van der Waals surface area contributed by atoms with Crippen LogP contribution in [0.4, 0.5) is 10.5 Å². The SMILES string of the molecule is CN(Cc1ccncc1)C(=O)Nc1ccc(Br)cc1. The van der Waals surface area contributed by atoms with Crippen molar-refractivity contribution in [2.24, 2.45) is 0 Å². The van der Waals surface area contributed by atoms with Gasteiger partial charge in [0.2, 0.25) is 0 Å². The van der Waals surface area contributed by atoms with Gasteiger partial charge < -0.3 is 10.2 Å². The van der Waals surface area contributed by atoms with Gasteiger partial charge in [-0.25, -0.2) is 4.79 Å². The first kappa shape index (κ1) is 13.5. The maximum Gasteiger partial charge on any atom is 0.321 e. The fourth-order valence-corrected chi connectivity index (χ4v) is 1.85. The number of urea groups is 1. The summed E-state index contributed by atoms with van der Waals surface area (Å²) in [4.78, 5) is 17.6. The molecule has 0 spiro atoms. The molecule has 0 aliphatic rings. The smallest absolute Gasteiger partial charge is 0.321 e. The van der Waals surface area contributed by atoms with Gasteiger partial charge in [-0.1, -0.05) is 15.9 Å². The fourth-order valence-electron chi connectivity index (χ4n) is 1.59. The van der Waals surface area contributed by atoms with Crippen LogP contribution >= 0.6 is 15.9 Å². The Morgan fingerprint density at radius 1 is 1.21 bits per heavy atom. The van der Waals surface area contributed by atoms with Crippen molar-refractivity contribution < 1.29 is 4.79 Å². The minimum atomic E-state index is -0.140. The van der Waals surface area contributed by atoms with Crippen LogP contribution in [0.1, 0.15) is 5.56 Å². The average Bonchev–Trinajstić information content (AvgIpc) is 2.42. The van der Waals surface area contributed by atoms with Crippen molar-refractivity contribution in [3.05, 3.63) is 58.8 Å². The molecule has 1 aromatic heterocycles. The van der Waals surface area contributed by atoms with Crippen molar-refractivity contribution >= 4 is 27.6 Å². The lowest BCUT2D eigenvalue weighted by atomic mass is 10.2. The first-order chi connectivity index (χ1) is 9.15. The summed E-state index contributed by atoms with van der Waals surface area (Å²) >= 11 is 3.36. The summed E-state index contributed by atoms with van der Waals surface area (Å²) in [5.74, 6) is 0. The minimum absolute atomic E-state index is 0.140. The van der Waals surface area contributed by atoms with Crippen molar-refractivity contribution in [1.29, 1.82) is 0 Å². The largest absolute Gasteiger partial charge is 0.323 e. The van der Waals surface area contributed by atoms with E-state index in [0.717, 1.165) is 15.7 Å². The molecule has 0 fully saturated rings. The Morgan fingerprint density at radius 2 is 1.84 bits per heavy atom. The Hall–Kier alpha value is -1.88. The Kier molecular flexibility index (Phi) is 4.52.